The quantitative estimate of drug-likeness (QED) is 0.689. The zero-order valence-corrected chi connectivity index (χ0v) is 16.7. The number of rotatable bonds is 4. The van der Waals surface area contributed by atoms with E-state index in [-0.39, 0.29) is 11.3 Å². The summed E-state index contributed by atoms with van der Waals surface area (Å²) in [6, 6.07) is 17.6. The summed E-state index contributed by atoms with van der Waals surface area (Å²) in [7, 11) is 0. The SMILES string of the molecule is [2H][C@@H](c1ccccc1)[C@@H](c1ccccc1NC(=O)OC(C)(C)C)C(C)(C)C. The van der Waals surface area contributed by atoms with E-state index >= 15 is 0 Å². The van der Waals surface area contributed by atoms with Crippen LogP contribution in [-0.2, 0) is 11.1 Å². The second kappa shape index (κ2) is 7.94. The number of hydrogen-bond donors (Lipinski definition) is 1. The molecule has 1 N–H and O–H groups in total. The minimum absolute atomic E-state index is 0.106. The van der Waals surface area contributed by atoms with Crippen LogP contribution in [0.1, 0.15) is 60.0 Å². The number of anilines is 1. The first-order valence-corrected chi connectivity index (χ1v) is 9.05. The Kier molecular flexibility index (Phi) is 5.65. The van der Waals surface area contributed by atoms with Gasteiger partial charge >= 0.3 is 6.09 Å². The summed E-state index contributed by atoms with van der Waals surface area (Å²) < 4.78 is 14.4. The first-order valence-electron chi connectivity index (χ1n) is 9.63. The lowest BCUT2D eigenvalue weighted by Crippen LogP contribution is -2.28. The lowest BCUT2D eigenvalue weighted by Gasteiger charge is -2.33. The van der Waals surface area contributed by atoms with Crippen LogP contribution in [0.15, 0.2) is 54.6 Å². The second-order valence-corrected chi connectivity index (χ2v) is 8.64. The molecule has 1 amide bonds. The Bertz CT molecular complexity index is 760. The fourth-order valence-electron chi connectivity index (χ4n) is 2.86. The zero-order chi connectivity index (χ0) is 20.2. The molecule has 3 nitrogen and oxygen atoms in total. The molecular formula is C23H31NO2. The van der Waals surface area contributed by atoms with Gasteiger partial charge in [-0.15, -0.1) is 0 Å². The summed E-state index contributed by atoms with van der Waals surface area (Å²) >= 11 is 0. The fourth-order valence-corrected chi connectivity index (χ4v) is 2.86. The third kappa shape index (κ3) is 5.91. The maximum atomic E-state index is 12.3. The molecule has 140 valence electrons. The highest BCUT2D eigenvalue weighted by molar-refractivity contribution is 5.86. The first-order chi connectivity index (χ1) is 12.5. The number of benzene rings is 2. The summed E-state index contributed by atoms with van der Waals surface area (Å²) in [5.74, 6) is -0.106. The molecule has 0 aliphatic heterocycles. The van der Waals surface area contributed by atoms with Crippen LogP contribution in [0.3, 0.4) is 0 Å². The van der Waals surface area contributed by atoms with Gasteiger partial charge in [0, 0.05) is 7.06 Å². The van der Waals surface area contributed by atoms with Gasteiger partial charge in [0.2, 0.25) is 0 Å². The average molecular weight is 355 g/mol. The van der Waals surface area contributed by atoms with Crippen LogP contribution in [0, 0.1) is 5.41 Å². The van der Waals surface area contributed by atoms with Crippen molar-refractivity contribution in [3.8, 4) is 0 Å². The molecule has 0 spiro atoms. The van der Waals surface area contributed by atoms with Gasteiger partial charge in [-0.25, -0.2) is 4.79 Å². The highest BCUT2D eigenvalue weighted by atomic mass is 16.6. The van der Waals surface area contributed by atoms with Crippen molar-refractivity contribution in [2.24, 2.45) is 5.41 Å². The molecule has 0 aliphatic carbocycles. The van der Waals surface area contributed by atoms with Gasteiger partial charge in [0.1, 0.15) is 5.60 Å². The molecule has 26 heavy (non-hydrogen) atoms. The zero-order valence-electron chi connectivity index (χ0n) is 17.7. The summed E-state index contributed by atoms with van der Waals surface area (Å²) in [6.07, 6.45) is -0.934. The Morgan fingerprint density at radius 3 is 2.15 bits per heavy atom. The number of hydrogen-bond acceptors (Lipinski definition) is 2. The molecule has 0 aromatic heterocycles. The van der Waals surface area contributed by atoms with Crippen molar-refractivity contribution in [3.05, 3.63) is 65.7 Å². The summed E-state index contributed by atoms with van der Waals surface area (Å²) in [6.45, 7) is 11.9. The van der Waals surface area contributed by atoms with E-state index in [1.165, 1.54) is 0 Å². The minimum Gasteiger partial charge on any atom is -0.444 e. The Labute approximate surface area is 159 Å². The van der Waals surface area contributed by atoms with Gasteiger partial charge in [-0.05, 0) is 55.7 Å². The number of ether oxygens (including phenoxy) is 1. The normalized spacial score (nSPS) is 14.9. The molecule has 0 aliphatic rings. The molecule has 0 saturated carbocycles. The van der Waals surface area contributed by atoms with E-state index < -0.39 is 18.1 Å². The number of carbonyl (C=O) groups excluding carboxylic acids is 1. The van der Waals surface area contributed by atoms with Gasteiger partial charge < -0.3 is 4.74 Å². The molecule has 2 aromatic carbocycles. The molecule has 0 heterocycles. The fraction of sp³-hybridized carbons (Fsp3) is 0.435. The highest BCUT2D eigenvalue weighted by Crippen LogP contribution is 2.40. The van der Waals surface area contributed by atoms with Crippen molar-refractivity contribution in [1.29, 1.82) is 0 Å². The van der Waals surface area contributed by atoms with Crippen molar-refractivity contribution >= 4 is 11.8 Å². The first kappa shape index (κ1) is 18.5. The summed E-state index contributed by atoms with van der Waals surface area (Å²) in [5, 5.41) is 2.88. The van der Waals surface area contributed by atoms with Crippen molar-refractivity contribution in [1.82, 2.24) is 0 Å². The third-order valence-electron chi connectivity index (χ3n) is 4.02. The van der Waals surface area contributed by atoms with E-state index in [1.54, 1.807) is 0 Å². The van der Waals surface area contributed by atoms with Gasteiger partial charge in [-0.2, -0.15) is 0 Å². The molecule has 3 heteroatoms. The smallest absolute Gasteiger partial charge is 0.412 e. The molecule has 0 saturated heterocycles. The number of para-hydroxylation sites is 1. The maximum absolute atomic E-state index is 12.3. The molecule has 2 rings (SSSR count). The molecular weight excluding hydrogens is 322 g/mol. The van der Waals surface area contributed by atoms with Crippen LogP contribution in [-0.4, -0.2) is 11.7 Å². The van der Waals surface area contributed by atoms with Gasteiger partial charge in [-0.3, -0.25) is 5.32 Å². The standard InChI is InChI=1S/C23H31NO2/c1-22(2,3)19(16-17-12-8-7-9-13-17)18-14-10-11-15-20(18)24-21(25)26-23(4,5)6/h7-15,19H,16H2,1-6H3,(H,24,25)/t19-/m0/s1/i16D/t16-,19-. The average Bonchev–Trinajstić information content (AvgIpc) is 2.54. The van der Waals surface area contributed by atoms with Gasteiger partial charge in [-0.1, -0.05) is 69.3 Å². The van der Waals surface area contributed by atoms with E-state index in [1.807, 2.05) is 75.4 Å². The van der Waals surface area contributed by atoms with Crippen LogP contribution < -0.4 is 5.32 Å². The Morgan fingerprint density at radius 1 is 1.00 bits per heavy atom. The van der Waals surface area contributed by atoms with E-state index in [0.717, 1.165) is 11.1 Å². The van der Waals surface area contributed by atoms with Crippen LogP contribution in [0.25, 0.3) is 0 Å². The van der Waals surface area contributed by atoms with Crippen LogP contribution in [0.5, 0.6) is 0 Å². The molecule has 0 unspecified atom stereocenters. The van der Waals surface area contributed by atoms with Crippen LogP contribution in [0.2, 0.25) is 0 Å². The molecule has 2 aromatic rings. The monoisotopic (exact) mass is 354 g/mol. The van der Waals surface area contributed by atoms with Crippen molar-refractivity contribution in [2.75, 3.05) is 5.32 Å². The molecule has 0 bridgehead atoms. The topological polar surface area (TPSA) is 38.3 Å². The minimum atomic E-state index is -0.565. The summed E-state index contributed by atoms with van der Waals surface area (Å²) in [4.78, 5) is 12.3. The Balaban J connectivity index is 2.41. The Hall–Kier alpha value is -2.29. The molecule has 0 fully saturated rings. The van der Waals surface area contributed by atoms with E-state index in [2.05, 4.69) is 26.1 Å². The number of carbonyl (C=O) groups is 1. The van der Waals surface area contributed by atoms with Crippen molar-refractivity contribution in [3.63, 3.8) is 0 Å². The summed E-state index contributed by atoms with van der Waals surface area (Å²) in [5.41, 5.74) is 1.86. The van der Waals surface area contributed by atoms with Gasteiger partial charge in [0.15, 0.2) is 0 Å². The lowest BCUT2D eigenvalue weighted by atomic mass is 9.73. The highest BCUT2D eigenvalue weighted by Gasteiger charge is 2.29. The maximum Gasteiger partial charge on any atom is 0.412 e. The van der Waals surface area contributed by atoms with Gasteiger partial charge in [0.25, 0.3) is 0 Å². The largest absolute Gasteiger partial charge is 0.444 e. The van der Waals surface area contributed by atoms with Crippen LogP contribution >= 0.6 is 0 Å². The van der Waals surface area contributed by atoms with Crippen molar-refractivity contribution < 1.29 is 10.9 Å². The lowest BCUT2D eigenvalue weighted by molar-refractivity contribution is 0.0635. The molecule has 2 atom stereocenters. The van der Waals surface area contributed by atoms with E-state index in [4.69, 9.17) is 6.11 Å². The Morgan fingerprint density at radius 2 is 1.58 bits per heavy atom. The predicted molar refractivity (Wildman–Crippen MR) is 109 cm³/mol. The van der Waals surface area contributed by atoms with Crippen molar-refractivity contribution in [2.45, 2.75) is 59.5 Å². The van der Waals surface area contributed by atoms with Gasteiger partial charge in [0.05, 0.1) is 0 Å². The van der Waals surface area contributed by atoms with Crippen LogP contribution in [0.4, 0.5) is 10.5 Å². The molecule has 0 radical (unpaired) electrons. The van der Waals surface area contributed by atoms with E-state index in [0.29, 0.717) is 5.69 Å². The second-order valence-electron chi connectivity index (χ2n) is 8.64. The number of amides is 1. The third-order valence-corrected chi connectivity index (χ3v) is 4.02. The predicted octanol–water partition coefficient (Wildman–Crippen LogP) is 6.41. The van der Waals surface area contributed by atoms with E-state index in [9.17, 15) is 4.79 Å². The number of nitrogens with one attached hydrogen (secondary N) is 1.